The summed E-state index contributed by atoms with van der Waals surface area (Å²) in [5.41, 5.74) is 7.25. The summed E-state index contributed by atoms with van der Waals surface area (Å²) >= 11 is 0. The van der Waals surface area contributed by atoms with Crippen molar-refractivity contribution < 1.29 is 23.9 Å². The first kappa shape index (κ1) is 33.9. The highest BCUT2D eigenvalue weighted by Gasteiger charge is 2.36. The monoisotopic (exact) mass is 546 g/mol. The van der Waals surface area contributed by atoms with Crippen molar-refractivity contribution in [3.8, 4) is 0 Å². The number of aryl methyl sites for hydroxylation is 2. The van der Waals surface area contributed by atoms with Gasteiger partial charge < -0.3 is 26.0 Å². The van der Waals surface area contributed by atoms with Gasteiger partial charge in [-0.15, -0.1) is 0 Å². The molecule has 39 heavy (non-hydrogen) atoms. The molecular formula is C30H50N4O5. The highest BCUT2D eigenvalue weighted by molar-refractivity contribution is 5.92. The Kier molecular flexibility index (Phi) is 14.0. The van der Waals surface area contributed by atoms with E-state index in [1.165, 1.54) is 0 Å². The molecule has 4 N–H and O–H groups in total. The minimum Gasteiger partial charge on any atom is -0.444 e. The molecule has 9 heteroatoms. The van der Waals surface area contributed by atoms with Crippen LogP contribution in [-0.2, 0) is 19.1 Å². The Morgan fingerprint density at radius 1 is 0.949 bits per heavy atom. The summed E-state index contributed by atoms with van der Waals surface area (Å²) in [5.74, 6) is -1.35. The first-order chi connectivity index (χ1) is 18.1. The number of hydrogen-bond donors (Lipinski definition) is 3. The second-order valence-electron chi connectivity index (χ2n) is 11.6. The van der Waals surface area contributed by atoms with Gasteiger partial charge in [-0.25, -0.2) is 4.79 Å². The molecule has 0 heterocycles. The van der Waals surface area contributed by atoms with E-state index in [2.05, 4.69) is 17.6 Å². The van der Waals surface area contributed by atoms with E-state index in [0.29, 0.717) is 18.5 Å². The zero-order chi connectivity index (χ0) is 29.8. The van der Waals surface area contributed by atoms with Crippen LogP contribution in [0, 0.1) is 13.8 Å². The van der Waals surface area contributed by atoms with Gasteiger partial charge in [-0.2, -0.15) is 0 Å². The van der Waals surface area contributed by atoms with Gasteiger partial charge in [0.05, 0.1) is 0 Å². The Bertz CT molecular complexity index is 950. The maximum atomic E-state index is 14.2. The summed E-state index contributed by atoms with van der Waals surface area (Å²) in [7, 11) is 0. The highest BCUT2D eigenvalue weighted by atomic mass is 16.6. The van der Waals surface area contributed by atoms with E-state index in [1.807, 2.05) is 45.9 Å². The molecule has 9 nitrogen and oxygen atoms in total. The van der Waals surface area contributed by atoms with Gasteiger partial charge >= 0.3 is 6.09 Å². The first-order valence-corrected chi connectivity index (χ1v) is 14.1. The van der Waals surface area contributed by atoms with Crippen molar-refractivity contribution in [3.63, 3.8) is 0 Å². The molecule has 0 fully saturated rings. The number of rotatable bonds is 15. The van der Waals surface area contributed by atoms with Crippen molar-refractivity contribution in [1.29, 1.82) is 0 Å². The number of hydrogen-bond acceptors (Lipinski definition) is 5. The third kappa shape index (κ3) is 13.0. The van der Waals surface area contributed by atoms with Crippen LogP contribution in [0.2, 0.25) is 0 Å². The number of benzene rings is 1. The van der Waals surface area contributed by atoms with Gasteiger partial charge in [0.2, 0.25) is 17.7 Å². The normalized spacial score (nSPS) is 12.9. The Morgan fingerprint density at radius 3 is 2.05 bits per heavy atom. The minimum absolute atomic E-state index is 0.00882. The molecule has 0 aliphatic rings. The van der Waals surface area contributed by atoms with Crippen molar-refractivity contribution in [1.82, 2.24) is 15.5 Å². The molecule has 0 radical (unpaired) electrons. The fourth-order valence-electron chi connectivity index (χ4n) is 4.45. The van der Waals surface area contributed by atoms with Crippen LogP contribution in [0.3, 0.4) is 0 Å². The Balaban J connectivity index is 3.54. The van der Waals surface area contributed by atoms with Gasteiger partial charge in [0.15, 0.2) is 0 Å². The Hall–Kier alpha value is -3.10. The van der Waals surface area contributed by atoms with Crippen LogP contribution >= 0.6 is 0 Å². The third-order valence-corrected chi connectivity index (χ3v) is 6.00. The van der Waals surface area contributed by atoms with Gasteiger partial charge in [0.25, 0.3) is 0 Å². The molecule has 2 unspecified atom stereocenters. The number of alkyl carbamates (subject to hydrolysis) is 1. The fourth-order valence-corrected chi connectivity index (χ4v) is 4.45. The molecule has 1 rings (SSSR count). The number of carbonyl (C=O) groups excluding carboxylic acids is 4. The molecular weight excluding hydrogens is 496 g/mol. The molecule has 0 bridgehead atoms. The number of unbranched alkanes of at least 4 members (excludes halogenated alkanes) is 4. The summed E-state index contributed by atoms with van der Waals surface area (Å²) in [5, 5.41) is 5.61. The first-order valence-electron chi connectivity index (χ1n) is 14.1. The largest absolute Gasteiger partial charge is 0.444 e. The van der Waals surface area contributed by atoms with Crippen molar-refractivity contribution >= 4 is 23.8 Å². The zero-order valence-electron chi connectivity index (χ0n) is 25.2. The number of amides is 4. The molecule has 0 spiro atoms. The van der Waals surface area contributed by atoms with Gasteiger partial charge in [0.1, 0.15) is 17.7 Å². The lowest BCUT2D eigenvalue weighted by Gasteiger charge is -2.35. The van der Waals surface area contributed by atoms with E-state index in [-0.39, 0.29) is 24.8 Å². The fraction of sp³-hybridized carbons (Fsp3) is 0.667. The lowest BCUT2D eigenvalue weighted by molar-refractivity contribution is -0.143. The van der Waals surface area contributed by atoms with Crippen LogP contribution in [0.1, 0.15) is 109 Å². The van der Waals surface area contributed by atoms with Gasteiger partial charge in [-0.05, 0) is 66.9 Å². The highest BCUT2D eigenvalue weighted by Crippen LogP contribution is 2.26. The van der Waals surface area contributed by atoms with Crippen molar-refractivity contribution in [3.05, 3.63) is 34.9 Å². The lowest BCUT2D eigenvalue weighted by atomic mass is 9.97. The quantitative estimate of drug-likeness (QED) is 0.271. The second kappa shape index (κ2) is 16.1. The molecule has 220 valence electrons. The van der Waals surface area contributed by atoms with Crippen LogP contribution in [0.25, 0.3) is 0 Å². The van der Waals surface area contributed by atoms with Gasteiger partial charge in [-0.1, -0.05) is 61.9 Å². The second-order valence-corrected chi connectivity index (χ2v) is 11.6. The number of carbonyl (C=O) groups is 4. The van der Waals surface area contributed by atoms with Crippen molar-refractivity contribution in [2.45, 2.75) is 124 Å². The molecule has 1 aromatic carbocycles. The van der Waals surface area contributed by atoms with Crippen LogP contribution in [0.15, 0.2) is 18.2 Å². The number of nitrogens with one attached hydrogen (secondary N) is 2. The molecule has 0 saturated carbocycles. The Morgan fingerprint density at radius 2 is 1.54 bits per heavy atom. The third-order valence-electron chi connectivity index (χ3n) is 6.00. The van der Waals surface area contributed by atoms with E-state index in [9.17, 15) is 19.2 Å². The molecule has 0 aliphatic carbocycles. The number of primary amides is 1. The van der Waals surface area contributed by atoms with E-state index in [0.717, 1.165) is 36.8 Å². The average molecular weight is 547 g/mol. The van der Waals surface area contributed by atoms with Crippen molar-refractivity contribution in [2.24, 2.45) is 5.73 Å². The number of ether oxygens (including phenoxy) is 1. The zero-order valence-corrected chi connectivity index (χ0v) is 25.2. The van der Waals surface area contributed by atoms with Crippen LogP contribution in [0.4, 0.5) is 4.79 Å². The molecule has 0 aromatic heterocycles. The number of nitrogens with two attached hydrogens (primary N) is 1. The lowest BCUT2D eigenvalue weighted by Crippen LogP contribution is -2.54. The van der Waals surface area contributed by atoms with Gasteiger partial charge in [-0.3, -0.25) is 14.4 Å². The average Bonchev–Trinajstić information content (AvgIpc) is 2.77. The van der Waals surface area contributed by atoms with Crippen LogP contribution in [-0.4, -0.2) is 52.9 Å². The van der Waals surface area contributed by atoms with E-state index in [4.69, 9.17) is 10.5 Å². The molecule has 1 aromatic rings. The standard InChI is InChI=1S/C30H50N4O5/c1-9-10-11-12-13-16-34(26(27(36)32-20(2)3)23-18-21(4)17-22(5)19-23)28(37)24(14-15-25(31)35)33-29(38)39-30(6,7)8/h17-20,24,26H,9-16H2,1-8H3,(H2,31,35)(H,32,36)(H,33,38). The maximum Gasteiger partial charge on any atom is 0.408 e. The summed E-state index contributed by atoms with van der Waals surface area (Å²) in [6, 6.07) is 3.68. The summed E-state index contributed by atoms with van der Waals surface area (Å²) in [4.78, 5) is 53.7. The molecule has 0 aliphatic heterocycles. The minimum atomic E-state index is -1.09. The summed E-state index contributed by atoms with van der Waals surface area (Å²) < 4.78 is 5.39. The molecule has 2 atom stereocenters. The van der Waals surface area contributed by atoms with E-state index < -0.39 is 35.6 Å². The van der Waals surface area contributed by atoms with Crippen LogP contribution in [0.5, 0.6) is 0 Å². The van der Waals surface area contributed by atoms with E-state index in [1.54, 1.807) is 25.7 Å². The van der Waals surface area contributed by atoms with E-state index >= 15 is 0 Å². The smallest absolute Gasteiger partial charge is 0.408 e. The predicted octanol–water partition coefficient (Wildman–Crippen LogP) is 4.83. The molecule has 0 saturated heterocycles. The SMILES string of the molecule is CCCCCCCN(C(=O)C(CCC(N)=O)NC(=O)OC(C)(C)C)C(C(=O)NC(C)C)c1cc(C)cc(C)c1. The number of nitrogens with zero attached hydrogens (tertiary/aromatic N) is 1. The van der Waals surface area contributed by atoms with Gasteiger partial charge in [0, 0.05) is 19.0 Å². The maximum absolute atomic E-state index is 14.2. The summed E-state index contributed by atoms with van der Waals surface area (Å²) in [6.45, 7) is 15.3. The summed E-state index contributed by atoms with van der Waals surface area (Å²) in [6.07, 6.45) is 3.89. The Labute approximate surface area is 234 Å². The topological polar surface area (TPSA) is 131 Å². The molecule has 4 amide bonds. The predicted molar refractivity (Wildman–Crippen MR) is 154 cm³/mol. The van der Waals surface area contributed by atoms with Crippen LogP contribution < -0.4 is 16.4 Å². The van der Waals surface area contributed by atoms with Crippen molar-refractivity contribution in [2.75, 3.05) is 6.54 Å².